The maximum atomic E-state index is 13.0. The lowest BCUT2D eigenvalue weighted by Gasteiger charge is -2.27. The summed E-state index contributed by atoms with van der Waals surface area (Å²) in [7, 11) is -7.29. The van der Waals surface area contributed by atoms with Gasteiger partial charge >= 0.3 is 5.97 Å². The molecule has 0 heterocycles. The number of carbonyl (C=O) groups excluding carboxylic acids is 1. The van der Waals surface area contributed by atoms with Gasteiger partial charge in [0.25, 0.3) is 0 Å². The summed E-state index contributed by atoms with van der Waals surface area (Å²) >= 11 is 0. The highest BCUT2D eigenvalue weighted by Crippen LogP contribution is 2.33. The molecule has 0 unspecified atom stereocenters. The first-order chi connectivity index (χ1) is 13.2. The number of carbonyl (C=O) groups is 1. The second kappa shape index (κ2) is 9.37. The molecule has 0 bridgehead atoms. The number of ether oxygens (including phenoxy) is 1. The van der Waals surface area contributed by atoms with Crippen molar-refractivity contribution in [3.63, 3.8) is 0 Å². The molecule has 28 heavy (non-hydrogen) atoms. The Morgan fingerprint density at radius 2 is 1.57 bits per heavy atom. The van der Waals surface area contributed by atoms with Crippen LogP contribution in [0.2, 0.25) is 0 Å². The zero-order chi connectivity index (χ0) is 20.9. The normalized spacial score (nSPS) is 20.9. The summed E-state index contributed by atoms with van der Waals surface area (Å²) in [5.74, 6) is -0.751. The second-order valence-electron chi connectivity index (χ2n) is 6.84. The Balaban J connectivity index is 2.23. The Bertz CT molecular complexity index is 874. The van der Waals surface area contributed by atoms with Gasteiger partial charge in [-0.1, -0.05) is 20.3 Å². The molecule has 9 heteroatoms. The van der Waals surface area contributed by atoms with E-state index in [0.717, 1.165) is 0 Å². The molecule has 0 saturated heterocycles. The lowest BCUT2D eigenvalue weighted by molar-refractivity contribution is -0.149. The van der Waals surface area contributed by atoms with Gasteiger partial charge in [-0.2, -0.15) is 4.31 Å². The van der Waals surface area contributed by atoms with Crippen molar-refractivity contribution in [3.05, 3.63) is 24.3 Å². The summed E-state index contributed by atoms with van der Waals surface area (Å²) in [5.41, 5.74) is 0. The maximum Gasteiger partial charge on any atom is 0.308 e. The molecule has 0 amide bonds. The predicted octanol–water partition coefficient (Wildman–Crippen LogP) is 2.61. The van der Waals surface area contributed by atoms with Gasteiger partial charge in [-0.15, -0.1) is 0 Å². The van der Waals surface area contributed by atoms with E-state index < -0.39 is 31.0 Å². The van der Waals surface area contributed by atoms with Gasteiger partial charge in [-0.05, 0) is 50.5 Å². The molecule has 7 nitrogen and oxygen atoms in total. The van der Waals surface area contributed by atoms with E-state index in [1.54, 1.807) is 20.8 Å². The quantitative estimate of drug-likeness (QED) is 0.587. The highest BCUT2D eigenvalue weighted by atomic mass is 32.2. The molecule has 0 radical (unpaired) electrons. The minimum Gasteiger partial charge on any atom is -0.466 e. The number of benzene rings is 1. The zero-order valence-electron chi connectivity index (χ0n) is 16.6. The molecule has 1 aromatic rings. The predicted molar refractivity (Wildman–Crippen MR) is 106 cm³/mol. The van der Waals surface area contributed by atoms with E-state index >= 15 is 0 Å². The van der Waals surface area contributed by atoms with Gasteiger partial charge in [0.2, 0.25) is 10.0 Å². The number of nitrogens with zero attached hydrogens (tertiary/aromatic N) is 1. The molecular weight excluding hydrogens is 402 g/mol. The number of hydrogen-bond donors (Lipinski definition) is 0. The monoisotopic (exact) mass is 431 g/mol. The number of esters is 1. The van der Waals surface area contributed by atoms with Crippen LogP contribution in [0, 0.1) is 5.92 Å². The summed E-state index contributed by atoms with van der Waals surface area (Å²) in [4.78, 5) is 12.2. The van der Waals surface area contributed by atoms with E-state index in [1.165, 1.54) is 28.6 Å². The van der Waals surface area contributed by atoms with Crippen LogP contribution in [0.15, 0.2) is 34.1 Å². The molecular formula is C19H29NO6S2. The van der Waals surface area contributed by atoms with Crippen LogP contribution in [0.3, 0.4) is 0 Å². The molecule has 0 aromatic heterocycles. The fourth-order valence-electron chi connectivity index (χ4n) is 3.61. The third-order valence-electron chi connectivity index (χ3n) is 5.18. The van der Waals surface area contributed by atoms with Crippen molar-refractivity contribution >= 4 is 25.8 Å². The molecule has 2 atom stereocenters. The van der Waals surface area contributed by atoms with Crippen molar-refractivity contribution in [3.8, 4) is 0 Å². The van der Waals surface area contributed by atoms with Crippen molar-refractivity contribution in [1.29, 1.82) is 0 Å². The van der Waals surface area contributed by atoms with Gasteiger partial charge < -0.3 is 4.74 Å². The third kappa shape index (κ3) is 4.75. The van der Waals surface area contributed by atoms with Crippen molar-refractivity contribution < 1.29 is 26.4 Å². The summed E-state index contributed by atoms with van der Waals surface area (Å²) in [6.45, 7) is 6.19. The Morgan fingerprint density at radius 3 is 2.11 bits per heavy atom. The molecule has 1 fully saturated rings. The lowest BCUT2D eigenvalue weighted by atomic mass is 9.89. The van der Waals surface area contributed by atoms with E-state index in [9.17, 15) is 21.6 Å². The molecule has 158 valence electrons. The van der Waals surface area contributed by atoms with Gasteiger partial charge in [0.15, 0.2) is 9.84 Å². The highest BCUT2D eigenvalue weighted by Gasteiger charge is 2.36. The number of rotatable bonds is 8. The van der Waals surface area contributed by atoms with Crippen molar-refractivity contribution in [1.82, 2.24) is 4.31 Å². The molecule has 0 spiro atoms. The molecule has 2 rings (SSSR count). The lowest BCUT2D eigenvalue weighted by Crippen LogP contribution is -2.32. The first-order valence-corrected chi connectivity index (χ1v) is 12.7. The average molecular weight is 432 g/mol. The van der Waals surface area contributed by atoms with E-state index in [1.807, 2.05) is 0 Å². The van der Waals surface area contributed by atoms with E-state index in [0.29, 0.717) is 32.4 Å². The fourth-order valence-corrected chi connectivity index (χ4v) is 6.93. The Morgan fingerprint density at radius 1 is 1.00 bits per heavy atom. The largest absolute Gasteiger partial charge is 0.466 e. The summed E-state index contributed by atoms with van der Waals surface area (Å²) in [5, 5.41) is -0.666. The van der Waals surface area contributed by atoms with Crippen LogP contribution in [-0.2, 0) is 29.4 Å². The second-order valence-corrected chi connectivity index (χ2v) is 11.0. The van der Waals surface area contributed by atoms with Gasteiger partial charge in [0, 0.05) is 13.1 Å². The molecule has 0 aliphatic heterocycles. The summed E-state index contributed by atoms with van der Waals surface area (Å²) < 4.78 is 57.5. The van der Waals surface area contributed by atoms with Crippen LogP contribution < -0.4 is 0 Å². The average Bonchev–Trinajstić information content (AvgIpc) is 2.69. The molecule has 1 aromatic carbocycles. The van der Waals surface area contributed by atoms with Crippen LogP contribution in [0.5, 0.6) is 0 Å². The molecule has 1 saturated carbocycles. The minimum absolute atomic E-state index is 0.0724. The van der Waals surface area contributed by atoms with Gasteiger partial charge in [0.1, 0.15) is 0 Å². The maximum absolute atomic E-state index is 13.0. The van der Waals surface area contributed by atoms with Crippen molar-refractivity contribution in [2.75, 3.05) is 19.7 Å². The van der Waals surface area contributed by atoms with Crippen molar-refractivity contribution in [2.45, 2.75) is 61.5 Å². The molecule has 0 N–H and O–H groups in total. The van der Waals surface area contributed by atoms with Crippen LogP contribution in [0.4, 0.5) is 0 Å². The Kier molecular flexibility index (Phi) is 7.64. The van der Waals surface area contributed by atoms with Crippen LogP contribution in [0.25, 0.3) is 0 Å². The van der Waals surface area contributed by atoms with Crippen molar-refractivity contribution in [2.24, 2.45) is 5.92 Å². The van der Waals surface area contributed by atoms with E-state index in [2.05, 4.69) is 0 Å². The SMILES string of the molecule is CCOC(=O)[C@@H]1CCC[C@@H](S(=O)(=O)c2ccc(S(=O)(=O)N(CC)CC)cc2)C1. The molecule has 1 aliphatic rings. The smallest absolute Gasteiger partial charge is 0.308 e. The highest BCUT2D eigenvalue weighted by molar-refractivity contribution is 7.92. The van der Waals surface area contributed by atoms with E-state index in [-0.39, 0.29) is 28.8 Å². The topological polar surface area (TPSA) is 97.8 Å². The standard InChI is InChI=1S/C19H29NO6S2/c1-4-20(5-2)28(24,25)17-12-10-16(11-13-17)27(22,23)18-9-7-8-15(14-18)19(21)26-6-3/h10-13,15,18H,4-9,14H2,1-3H3/t15-,18-/m1/s1. The first-order valence-electron chi connectivity index (χ1n) is 9.69. The van der Waals surface area contributed by atoms with Crippen LogP contribution >= 0.6 is 0 Å². The summed E-state index contributed by atoms with van der Waals surface area (Å²) in [6.07, 6.45) is 1.99. The first kappa shape index (κ1) is 22.8. The number of sulfone groups is 1. The number of sulfonamides is 1. The minimum atomic E-state index is -3.65. The Labute approximate surface area is 168 Å². The van der Waals surface area contributed by atoms with Crippen LogP contribution in [-0.4, -0.2) is 52.1 Å². The van der Waals surface area contributed by atoms with Crippen LogP contribution in [0.1, 0.15) is 46.5 Å². The zero-order valence-corrected chi connectivity index (χ0v) is 18.3. The van der Waals surface area contributed by atoms with Gasteiger partial charge in [-0.25, -0.2) is 16.8 Å². The van der Waals surface area contributed by atoms with E-state index in [4.69, 9.17) is 4.74 Å². The fraction of sp³-hybridized carbons (Fsp3) is 0.632. The van der Waals surface area contributed by atoms with Gasteiger partial charge in [0.05, 0.1) is 27.6 Å². The number of hydrogen-bond acceptors (Lipinski definition) is 6. The van der Waals surface area contributed by atoms with Gasteiger partial charge in [-0.3, -0.25) is 4.79 Å². The summed E-state index contributed by atoms with van der Waals surface area (Å²) in [6, 6.07) is 5.37. The third-order valence-corrected chi connectivity index (χ3v) is 9.48. The molecule has 1 aliphatic carbocycles. The Hall–Kier alpha value is -1.45.